The Morgan fingerprint density at radius 2 is 2.16 bits per heavy atom. The number of amides is 1. The SMILES string of the molecule is Cc1nnc(SCC(=O)N2CCC(C)Sc3ccccc32)n(N)c1=O. The van der Waals surface area contributed by atoms with Crippen LogP contribution in [0.1, 0.15) is 19.0 Å². The molecule has 0 spiro atoms. The maximum Gasteiger partial charge on any atom is 0.294 e. The van der Waals surface area contributed by atoms with Crippen molar-refractivity contribution in [3.63, 3.8) is 0 Å². The first-order valence-electron chi connectivity index (χ1n) is 7.87. The fourth-order valence-corrected chi connectivity index (χ4v) is 4.36. The van der Waals surface area contributed by atoms with Crippen LogP contribution >= 0.6 is 23.5 Å². The van der Waals surface area contributed by atoms with Crippen LogP contribution in [0.15, 0.2) is 39.1 Å². The van der Waals surface area contributed by atoms with Gasteiger partial charge in [0.2, 0.25) is 11.1 Å². The number of rotatable bonds is 3. The number of fused-ring (bicyclic) bond motifs is 1. The molecule has 1 unspecified atom stereocenters. The van der Waals surface area contributed by atoms with E-state index in [2.05, 4.69) is 17.1 Å². The normalized spacial score (nSPS) is 17.0. The lowest BCUT2D eigenvalue weighted by Gasteiger charge is -2.22. The second-order valence-electron chi connectivity index (χ2n) is 5.76. The standard InChI is InChI=1S/C16H19N5O2S2/c1-10-7-8-20(12-5-3-4-6-13(12)25-10)14(22)9-24-16-19-18-11(2)15(23)21(16)17/h3-6,10H,7-9,17H2,1-2H3. The van der Waals surface area contributed by atoms with Gasteiger partial charge >= 0.3 is 0 Å². The highest BCUT2D eigenvalue weighted by Crippen LogP contribution is 2.37. The number of para-hydroxylation sites is 1. The fourth-order valence-electron chi connectivity index (χ4n) is 2.52. The fraction of sp³-hybridized carbons (Fsp3) is 0.375. The van der Waals surface area contributed by atoms with Crippen LogP contribution in [0.2, 0.25) is 0 Å². The van der Waals surface area contributed by atoms with Crippen LogP contribution in [0.25, 0.3) is 0 Å². The van der Waals surface area contributed by atoms with Gasteiger partial charge in [0, 0.05) is 16.7 Å². The lowest BCUT2D eigenvalue weighted by atomic mass is 10.2. The Hall–Kier alpha value is -2.00. The number of thioether (sulfide) groups is 2. The monoisotopic (exact) mass is 377 g/mol. The van der Waals surface area contributed by atoms with Crippen LogP contribution in [0.5, 0.6) is 0 Å². The Balaban J connectivity index is 1.78. The van der Waals surface area contributed by atoms with Gasteiger partial charge in [-0.1, -0.05) is 30.8 Å². The Labute approximate surface area is 154 Å². The van der Waals surface area contributed by atoms with E-state index in [1.807, 2.05) is 24.3 Å². The van der Waals surface area contributed by atoms with E-state index in [1.54, 1.807) is 23.6 Å². The maximum atomic E-state index is 12.8. The van der Waals surface area contributed by atoms with Crippen molar-refractivity contribution in [3.8, 4) is 0 Å². The topological polar surface area (TPSA) is 94.1 Å². The molecule has 7 nitrogen and oxygen atoms in total. The molecule has 1 aliphatic rings. The molecule has 1 aromatic heterocycles. The minimum Gasteiger partial charge on any atom is -0.334 e. The Morgan fingerprint density at radius 3 is 2.96 bits per heavy atom. The van der Waals surface area contributed by atoms with Gasteiger partial charge in [0.1, 0.15) is 5.69 Å². The van der Waals surface area contributed by atoms with Crippen LogP contribution < -0.4 is 16.3 Å². The molecule has 0 saturated carbocycles. The average molecular weight is 377 g/mol. The molecular weight excluding hydrogens is 358 g/mol. The molecule has 0 aliphatic carbocycles. The van der Waals surface area contributed by atoms with E-state index in [0.29, 0.717) is 11.8 Å². The molecule has 1 aliphatic heterocycles. The molecule has 25 heavy (non-hydrogen) atoms. The summed E-state index contributed by atoms with van der Waals surface area (Å²) in [5.74, 6) is 5.82. The zero-order valence-corrected chi connectivity index (χ0v) is 15.6. The number of nitrogens with zero attached hydrogens (tertiary/aromatic N) is 4. The first-order valence-corrected chi connectivity index (χ1v) is 9.74. The number of hydrogen-bond donors (Lipinski definition) is 1. The van der Waals surface area contributed by atoms with E-state index >= 15 is 0 Å². The Kier molecular flexibility index (Phi) is 5.33. The van der Waals surface area contributed by atoms with Crippen molar-refractivity contribution in [1.29, 1.82) is 0 Å². The highest BCUT2D eigenvalue weighted by molar-refractivity contribution is 8.00. The zero-order valence-electron chi connectivity index (χ0n) is 14.0. The Morgan fingerprint density at radius 1 is 1.40 bits per heavy atom. The molecule has 0 fully saturated rings. The van der Waals surface area contributed by atoms with Crippen molar-refractivity contribution in [3.05, 3.63) is 40.3 Å². The molecule has 1 amide bonds. The number of benzene rings is 1. The molecule has 0 saturated heterocycles. The van der Waals surface area contributed by atoms with Gasteiger partial charge in [-0.15, -0.1) is 22.0 Å². The zero-order chi connectivity index (χ0) is 18.0. The van der Waals surface area contributed by atoms with Crippen molar-refractivity contribution in [2.24, 2.45) is 0 Å². The average Bonchev–Trinajstić information content (AvgIpc) is 2.77. The van der Waals surface area contributed by atoms with Crippen molar-refractivity contribution in [2.75, 3.05) is 23.0 Å². The van der Waals surface area contributed by atoms with Gasteiger partial charge in [0.05, 0.1) is 11.4 Å². The van der Waals surface area contributed by atoms with Gasteiger partial charge in [-0.25, -0.2) is 0 Å². The minimum atomic E-state index is -0.407. The number of nitrogen functional groups attached to an aromatic ring is 1. The van der Waals surface area contributed by atoms with E-state index in [1.165, 1.54) is 0 Å². The number of aryl methyl sites for hydroxylation is 1. The highest BCUT2D eigenvalue weighted by Gasteiger charge is 2.24. The van der Waals surface area contributed by atoms with Crippen molar-refractivity contribution < 1.29 is 4.79 Å². The molecule has 1 atom stereocenters. The quantitative estimate of drug-likeness (QED) is 0.642. The van der Waals surface area contributed by atoms with Crippen LogP contribution in [0.3, 0.4) is 0 Å². The number of aromatic nitrogens is 3. The van der Waals surface area contributed by atoms with E-state index in [-0.39, 0.29) is 22.5 Å². The summed E-state index contributed by atoms with van der Waals surface area (Å²) in [6.45, 7) is 4.38. The van der Waals surface area contributed by atoms with Crippen molar-refractivity contribution in [1.82, 2.24) is 14.9 Å². The second kappa shape index (κ2) is 7.49. The van der Waals surface area contributed by atoms with E-state index in [0.717, 1.165) is 33.4 Å². The lowest BCUT2D eigenvalue weighted by Crippen LogP contribution is -2.35. The molecule has 2 N–H and O–H groups in total. The number of carbonyl (C=O) groups excluding carboxylic acids is 1. The highest BCUT2D eigenvalue weighted by atomic mass is 32.2. The summed E-state index contributed by atoms with van der Waals surface area (Å²) >= 11 is 2.91. The van der Waals surface area contributed by atoms with Gasteiger partial charge in [-0.2, -0.15) is 4.68 Å². The molecule has 2 aromatic rings. The van der Waals surface area contributed by atoms with Crippen LogP contribution in [0, 0.1) is 6.92 Å². The van der Waals surface area contributed by atoms with Gasteiger partial charge in [-0.05, 0) is 25.5 Å². The van der Waals surface area contributed by atoms with Gasteiger partial charge in [0.25, 0.3) is 5.56 Å². The van der Waals surface area contributed by atoms with Crippen molar-refractivity contribution >= 4 is 35.1 Å². The van der Waals surface area contributed by atoms with E-state index in [4.69, 9.17) is 5.84 Å². The third-order valence-corrected chi connectivity index (χ3v) is 6.05. The second-order valence-corrected chi connectivity index (χ2v) is 8.18. The largest absolute Gasteiger partial charge is 0.334 e. The van der Waals surface area contributed by atoms with Gasteiger partial charge in [-0.3, -0.25) is 9.59 Å². The summed E-state index contributed by atoms with van der Waals surface area (Å²) < 4.78 is 0.939. The molecule has 2 heterocycles. The predicted octanol–water partition coefficient (Wildman–Crippen LogP) is 1.67. The summed E-state index contributed by atoms with van der Waals surface area (Å²) in [4.78, 5) is 27.5. The number of carbonyl (C=O) groups is 1. The van der Waals surface area contributed by atoms with Crippen LogP contribution in [-0.2, 0) is 4.79 Å². The molecule has 1 aromatic carbocycles. The Bertz CT molecular complexity index is 855. The molecule has 0 radical (unpaired) electrons. The van der Waals surface area contributed by atoms with E-state index < -0.39 is 5.56 Å². The third kappa shape index (κ3) is 3.82. The maximum absolute atomic E-state index is 12.8. The molecule has 132 valence electrons. The first-order chi connectivity index (χ1) is 12.0. The van der Waals surface area contributed by atoms with Gasteiger partial charge in [0.15, 0.2) is 0 Å². The first kappa shape index (κ1) is 17.8. The molecule has 9 heteroatoms. The number of anilines is 1. The summed E-state index contributed by atoms with van der Waals surface area (Å²) in [7, 11) is 0. The van der Waals surface area contributed by atoms with Crippen LogP contribution in [-0.4, -0.2) is 38.3 Å². The number of hydrogen-bond acceptors (Lipinski definition) is 7. The molecule has 0 bridgehead atoms. The van der Waals surface area contributed by atoms with Gasteiger partial charge < -0.3 is 10.7 Å². The van der Waals surface area contributed by atoms with Crippen molar-refractivity contribution in [2.45, 2.75) is 35.6 Å². The smallest absolute Gasteiger partial charge is 0.294 e. The third-order valence-electron chi connectivity index (χ3n) is 3.89. The lowest BCUT2D eigenvalue weighted by molar-refractivity contribution is -0.116. The van der Waals surface area contributed by atoms with E-state index in [9.17, 15) is 9.59 Å². The van der Waals surface area contributed by atoms with Crippen LogP contribution in [0.4, 0.5) is 5.69 Å². The summed E-state index contributed by atoms with van der Waals surface area (Å²) in [5.41, 5.74) is 0.753. The minimum absolute atomic E-state index is 0.0398. The summed E-state index contributed by atoms with van der Waals surface area (Å²) in [6, 6.07) is 7.92. The summed E-state index contributed by atoms with van der Waals surface area (Å²) in [6.07, 6.45) is 0.918. The number of nitrogens with two attached hydrogens (primary N) is 1. The predicted molar refractivity (Wildman–Crippen MR) is 101 cm³/mol. The molecular formula is C16H19N5O2S2. The summed E-state index contributed by atoms with van der Waals surface area (Å²) in [5, 5.41) is 8.36. The molecule has 3 rings (SSSR count).